The summed E-state index contributed by atoms with van der Waals surface area (Å²) in [6, 6.07) is 10.8. The lowest BCUT2D eigenvalue weighted by Gasteiger charge is -2.23. The van der Waals surface area contributed by atoms with Crippen LogP contribution in [0, 0.1) is 11.3 Å². The number of hydrogen-bond donors (Lipinski definition) is 0. The Morgan fingerprint density at radius 3 is 2.32 bits per heavy atom. The first-order chi connectivity index (χ1) is 17.5. The second-order valence-corrected chi connectivity index (χ2v) is 11.5. The summed E-state index contributed by atoms with van der Waals surface area (Å²) in [5.41, 5.74) is 2.99. The van der Waals surface area contributed by atoms with Gasteiger partial charge in [-0.15, -0.1) is 0 Å². The van der Waals surface area contributed by atoms with E-state index in [0.717, 1.165) is 36.8 Å². The predicted molar refractivity (Wildman–Crippen MR) is 147 cm³/mol. The molecule has 3 aromatic rings. The van der Waals surface area contributed by atoms with Crippen molar-refractivity contribution in [2.75, 3.05) is 6.61 Å². The summed E-state index contributed by atoms with van der Waals surface area (Å²) in [6.07, 6.45) is 5.86. The van der Waals surface area contributed by atoms with Gasteiger partial charge in [0.25, 0.3) is 0 Å². The number of ketones is 2. The average molecular weight is 522 g/mol. The number of esters is 1. The van der Waals surface area contributed by atoms with Crippen LogP contribution < -0.4 is 0 Å². The molecule has 4 rings (SSSR count). The molecule has 0 saturated heterocycles. The molecule has 0 amide bonds. The zero-order valence-corrected chi connectivity index (χ0v) is 23.2. The maximum absolute atomic E-state index is 14.1. The molecule has 1 saturated carbocycles. The van der Waals surface area contributed by atoms with Crippen molar-refractivity contribution >= 4 is 34.7 Å². The quantitative estimate of drug-likeness (QED) is 0.216. The minimum absolute atomic E-state index is 0.0701. The van der Waals surface area contributed by atoms with Crippen molar-refractivity contribution in [1.82, 2.24) is 4.40 Å². The van der Waals surface area contributed by atoms with E-state index in [0.29, 0.717) is 27.4 Å². The van der Waals surface area contributed by atoms with E-state index in [1.807, 2.05) is 36.6 Å². The monoisotopic (exact) mass is 521 g/mol. The molecule has 2 heterocycles. The molecular formula is C31H36ClNO4. The molecular weight excluding hydrogens is 486 g/mol. The Bertz CT molecular complexity index is 1330. The third kappa shape index (κ3) is 5.38. The summed E-state index contributed by atoms with van der Waals surface area (Å²) in [5, 5.41) is 0.541. The fraction of sp³-hybridized carbons (Fsp3) is 0.452. The second-order valence-electron chi connectivity index (χ2n) is 11.0. The maximum atomic E-state index is 14.1. The highest BCUT2D eigenvalue weighted by Gasteiger charge is 2.38. The van der Waals surface area contributed by atoms with Gasteiger partial charge >= 0.3 is 5.97 Å². The van der Waals surface area contributed by atoms with Crippen molar-refractivity contribution in [2.45, 2.75) is 72.6 Å². The van der Waals surface area contributed by atoms with Crippen LogP contribution in [0.3, 0.4) is 0 Å². The topological polar surface area (TPSA) is 64.8 Å². The molecule has 196 valence electrons. The Balaban J connectivity index is 2.01. The highest BCUT2D eigenvalue weighted by molar-refractivity contribution is 6.30. The Morgan fingerprint density at radius 1 is 1.08 bits per heavy atom. The Labute approximate surface area is 224 Å². The molecule has 0 N–H and O–H groups in total. The standard InChI is InChI=1S/C31H36ClNO4/c1-6-37-30(36)31(4,5)18-24-26(28(34)20-9-7-8-10-20)25-17-22(19(2)3)15-16-33(25)27(24)29(35)21-11-13-23(32)14-12-21/h11-17,19-20H,6-10,18H2,1-5H3. The summed E-state index contributed by atoms with van der Waals surface area (Å²) in [5.74, 6) is -0.303. The molecule has 1 aliphatic rings. The molecule has 1 aliphatic carbocycles. The zero-order valence-electron chi connectivity index (χ0n) is 22.4. The summed E-state index contributed by atoms with van der Waals surface area (Å²) in [6.45, 7) is 9.89. The van der Waals surface area contributed by atoms with Gasteiger partial charge in [-0.1, -0.05) is 38.3 Å². The van der Waals surface area contributed by atoms with Gasteiger partial charge < -0.3 is 9.14 Å². The summed E-state index contributed by atoms with van der Waals surface area (Å²) in [7, 11) is 0. The number of benzene rings is 1. The molecule has 5 nitrogen and oxygen atoms in total. The van der Waals surface area contributed by atoms with Crippen LogP contribution >= 0.6 is 11.6 Å². The SMILES string of the molecule is CCOC(=O)C(C)(C)Cc1c(C(=O)C2CCCC2)c2cc(C(C)C)ccn2c1C(=O)c1ccc(Cl)cc1. The largest absolute Gasteiger partial charge is 0.466 e. The van der Waals surface area contributed by atoms with Crippen molar-refractivity contribution in [3.8, 4) is 0 Å². The van der Waals surface area contributed by atoms with Gasteiger partial charge in [0.15, 0.2) is 5.78 Å². The zero-order chi connectivity index (χ0) is 26.9. The van der Waals surface area contributed by atoms with Gasteiger partial charge in [-0.05, 0) is 93.5 Å². The Kier molecular flexibility index (Phi) is 7.94. The Morgan fingerprint density at radius 2 is 1.73 bits per heavy atom. The molecule has 0 unspecified atom stereocenters. The molecule has 0 spiro atoms. The molecule has 0 bridgehead atoms. The maximum Gasteiger partial charge on any atom is 0.311 e. The number of aromatic nitrogens is 1. The summed E-state index contributed by atoms with van der Waals surface area (Å²) < 4.78 is 7.22. The van der Waals surface area contributed by atoms with Crippen LogP contribution in [0.1, 0.15) is 104 Å². The minimum Gasteiger partial charge on any atom is -0.466 e. The van der Waals surface area contributed by atoms with Crippen LogP contribution in [-0.4, -0.2) is 28.5 Å². The Hall–Kier alpha value is -2.92. The molecule has 1 fully saturated rings. The lowest BCUT2D eigenvalue weighted by Crippen LogP contribution is -2.30. The number of fused-ring (bicyclic) bond motifs is 1. The number of carbonyl (C=O) groups is 3. The van der Waals surface area contributed by atoms with Crippen LogP contribution in [0.2, 0.25) is 5.02 Å². The van der Waals surface area contributed by atoms with E-state index < -0.39 is 5.41 Å². The van der Waals surface area contributed by atoms with Crippen LogP contribution in [0.5, 0.6) is 0 Å². The van der Waals surface area contributed by atoms with E-state index >= 15 is 0 Å². The number of ether oxygens (including phenoxy) is 1. The van der Waals surface area contributed by atoms with Gasteiger partial charge in [0, 0.05) is 28.3 Å². The van der Waals surface area contributed by atoms with Crippen molar-refractivity contribution in [1.29, 1.82) is 0 Å². The van der Waals surface area contributed by atoms with Crippen LogP contribution in [0.4, 0.5) is 0 Å². The number of pyridine rings is 1. The number of halogens is 1. The first-order valence-corrected chi connectivity index (χ1v) is 13.6. The average Bonchev–Trinajstić information content (AvgIpc) is 3.50. The van der Waals surface area contributed by atoms with E-state index in [2.05, 4.69) is 13.8 Å². The summed E-state index contributed by atoms with van der Waals surface area (Å²) in [4.78, 5) is 41.1. The van der Waals surface area contributed by atoms with Gasteiger partial charge in [-0.3, -0.25) is 14.4 Å². The van der Waals surface area contributed by atoms with Gasteiger partial charge in [0.05, 0.1) is 23.2 Å². The fourth-order valence-electron chi connectivity index (χ4n) is 5.35. The highest BCUT2D eigenvalue weighted by Crippen LogP contribution is 2.38. The molecule has 37 heavy (non-hydrogen) atoms. The van der Waals surface area contributed by atoms with E-state index in [-0.39, 0.29) is 42.4 Å². The molecule has 6 heteroatoms. The second kappa shape index (κ2) is 10.8. The van der Waals surface area contributed by atoms with Gasteiger partial charge in [-0.2, -0.15) is 0 Å². The predicted octanol–water partition coefficient (Wildman–Crippen LogP) is 7.45. The van der Waals surface area contributed by atoms with Gasteiger partial charge in [0.2, 0.25) is 5.78 Å². The number of nitrogens with zero attached hydrogens (tertiary/aromatic N) is 1. The minimum atomic E-state index is -0.929. The normalized spacial score (nSPS) is 14.5. The number of Topliss-reactive ketones (excluding diaryl/α,β-unsaturated/α-hetero) is 1. The lowest BCUT2D eigenvalue weighted by atomic mass is 9.81. The third-order valence-electron chi connectivity index (χ3n) is 7.47. The van der Waals surface area contributed by atoms with Crippen molar-refractivity contribution in [3.05, 3.63) is 75.6 Å². The van der Waals surface area contributed by atoms with Crippen molar-refractivity contribution in [3.63, 3.8) is 0 Å². The van der Waals surface area contributed by atoms with Gasteiger partial charge in [-0.25, -0.2) is 0 Å². The van der Waals surface area contributed by atoms with Crippen molar-refractivity contribution < 1.29 is 19.1 Å². The van der Waals surface area contributed by atoms with Crippen molar-refractivity contribution in [2.24, 2.45) is 11.3 Å². The molecule has 0 radical (unpaired) electrons. The number of carbonyl (C=O) groups excluding carboxylic acids is 3. The van der Waals surface area contributed by atoms with Crippen LogP contribution in [-0.2, 0) is 16.0 Å². The molecule has 0 atom stereocenters. The lowest BCUT2D eigenvalue weighted by molar-refractivity contribution is -0.153. The van der Waals surface area contributed by atoms with E-state index in [9.17, 15) is 14.4 Å². The van der Waals surface area contributed by atoms with E-state index in [4.69, 9.17) is 16.3 Å². The molecule has 2 aromatic heterocycles. The number of rotatable bonds is 9. The fourth-order valence-corrected chi connectivity index (χ4v) is 5.47. The smallest absolute Gasteiger partial charge is 0.311 e. The van der Waals surface area contributed by atoms with E-state index in [1.165, 1.54) is 0 Å². The van der Waals surface area contributed by atoms with Crippen LogP contribution in [0.15, 0.2) is 42.6 Å². The summed E-state index contributed by atoms with van der Waals surface area (Å²) >= 11 is 6.09. The third-order valence-corrected chi connectivity index (χ3v) is 7.72. The number of hydrogen-bond acceptors (Lipinski definition) is 4. The van der Waals surface area contributed by atoms with E-state index in [1.54, 1.807) is 31.2 Å². The first kappa shape index (κ1) is 27.1. The van der Waals surface area contributed by atoms with Crippen LogP contribution in [0.25, 0.3) is 5.52 Å². The highest BCUT2D eigenvalue weighted by atomic mass is 35.5. The molecule has 1 aromatic carbocycles. The molecule has 0 aliphatic heterocycles. The van der Waals surface area contributed by atoms with Gasteiger partial charge in [0.1, 0.15) is 0 Å². The first-order valence-electron chi connectivity index (χ1n) is 13.2.